The highest BCUT2D eigenvalue weighted by molar-refractivity contribution is 6.30. The van der Waals surface area contributed by atoms with E-state index in [4.69, 9.17) is 16.3 Å². The predicted octanol–water partition coefficient (Wildman–Crippen LogP) is 4.07. The Labute approximate surface area is 172 Å². The second kappa shape index (κ2) is 9.92. The Morgan fingerprint density at radius 1 is 1.14 bits per heavy atom. The second-order valence-corrected chi connectivity index (χ2v) is 7.59. The van der Waals surface area contributed by atoms with Gasteiger partial charge in [0.25, 0.3) is 0 Å². The van der Waals surface area contributed by atoms with Crippen LogP contribution >= 0.6 is 11.6 Å². The highest BCUT2D eigenvalue weighted by atomic mass is 35.5. The minimum Gasteiger partial charge on any atom is -0.379 e. The van der Waals surface area contributed by atoms with Crippen molar-refractivity contribution in [3.05, 3.63) is 70.2 Å². The van der Waals surface area contributed by atoms with Crippen molar-refractivity contribution >= 4 is 17.6 Å². The van der Waals surface area contributed by atoms with Gasteiger partial charge < -0.3 is 15.0 Å². The normalized spacial score (nSPS) is 15.8. The number of rotatable bonds is 6. The number of carbonyl (C=O) groups is 1. The molecule has 150 valence electrons. The molecule has 5 nitrogen and oxygen atoms in total. The predicted molar refractivity (Wildman–Crippen MR) is 112 cm³/mol. The molecule has 1 atom stereocenters. The monoisotopic (exact) mass is 401 g/mol. The summed E-state index contributed by atoms with van der Waals surface area (Å²) in [5.74, 6) is 0. The molecule has 1 fully saturated rings. The number of carbonyl (C=O) groups excluding carboxylic acids is 1. The molecular weight excluding hydrogens is 374 g/mol. The molecular formula is C22H28ClN3O2. The van der Waals surface area contributed by atoms with Crippen molar-refractivity contribution in [3.63, 3.8) is 0 Å². The standard InChI is InChI=1S/C22H28ClN3O2/c1-17(18-7-9-21(23)10-8-18)25(2)22(27)24-15-19-5-3-4-6-20(19)16-26-11-13-28-14-12-26/h3-10,17H,11-16H2,1-2H3,(H,24,27)/t17-/m0/s1. The Kier molecular flexibility index (Phi) is 7.31. The van der Waals surface area contributed by atoms with Gasteiger partial charge >= 0.3 is 6.03 Å². The fourth-order valence-corrected chi connectivity index (χ4v) is 3.45. The quantitative estimate of drug-likeness (QED) is 0.793. The van der Waals surface area contributed by atoms with Gasteiger partial charge in [-0.3, -0.25) is 4.90 Å². The van der Waals surface area contributed by atoms with Gasteiger partial charge in [-0.15, -0.1) is 0 Å². The lowest BCUT2D eigenvalue weighted by atomic mass is 10.1. The number of nitrogens with zero attached hydrogens (tertiary/aromatic N) is 2. The zero-order valence-electron chi connectivity index (χ0n) is 16.5. The van der Waals surface area contributed by atoms with Crippen molar-refractivity contribution in [3.8, 4) is 0 Å². The van der Waals surface area contributed by atoms with Crippen LogP contribution in [0, 0.1) is 0 Å². The molecule has 2 aromatic rings. The second-order valence-electron chi connectivity index (χ2n) is 7.15. The Morgan fingerprint density at radius 2 is 1.79 bits per heavy atom. The third-order valence-corrected chi connectivity index (χ3v) is 5.55. The molecule has 3 rings (SSSR count). The molecule has 1 aliphatic rings. The van der Waals surface area contributed by atoms with E-state index in [1.165, 1.54) is 5.56 Å². The zero-order valence-corrected chi connectivity index (χ0v) is 17.3. The number of urea groups is 1. The van der Waals surface area contributed by atoms with E-state index in [0.717, 1.165) is 44.0 Å². The van der Waals surface area contributed by atoms with E-state index in [1.54, 1.807) is 4.90 Å². The molecule has 0 radical (unpaired) electrons. The van der Waals surface area contributed by atoms with Crippen molar-refractivity contribution in [2.24, 2.45) is 0 Å². The maximum absolute atomic E-state index is 12.7. The van der Waals surface area contributed by atoms with Crippen LogP contribution in [0.4, 0.5) is 4.79 Å². The van der Waals surface area contributed by atoms with E-state index >= 15 is 0 Å². The lowest BCUT2D eigenvalue weighted by Crippen LogP contribution is -2.39. The van der Waals surface area contributed by atoms with Crippen molar-refractivity contribution in [1.82, 2.24) is 15.1 Å². The van der Waals surface area contributed by atoms with Gasteiger partial charge in [0.1, 0.15) is 0 Å². The van der Waals surface area contributed by atoms with E-state index in [0.29, 0.717) is 11.6 Å². The molecule has 1 aliphatic heterocycles. The van der Waals surface area contributed by atoms with Gasteiger partial charge in [0.15, 0.2) is 0 Å². The van der Waals surface area contributed by atoms with Crippen molar-refractivity contribution < 1.29 is 9.53 Å². The summed E-state index contributed by atoms with van der Waals surface area (Å²) in [6, 6.07) is 15.8. The average molecular weight is 402 g/mol. The molecule has 0 aliphatic carbocycles. The maximum atomic E-state index is 12.7. The van der Waals surface area contributed by atoms with Gasteiger partial charge in [0, 0.05) is 38.2 Å². The van der Waals surface area contributed by atoms with Crippen LogP contribution in [0.15, 0.2) is 48.5 Å². The first-order valence-corrected chi connectivity index (χ1v) is 10.1. The van der Waals surface area contributed by atoms with Crippen molar-refractivity contribution in [2.75, 3.05) is 33.4 Å². The molecule has 0 bridgehead atoms. The van der Waals surface area contributed by atoms with Crippen molar-refractivity contribution in [1.29, 1.82) is 0 Å². The minimum atomic E-state index is -0.0939. The van der Waals surface area contributed by atoms with E-state index < -0.39 is 0 Å². The van der Waals surface area contributed by atoms with E-state index in [1.807, 2.05) is 44.3 Å². The number of benzene rings is 2. The first kappa shape index (κ1) is 20.6. The number of ether oxygens (including phenoxy) is 1. The van der Waals surface area contributed by atoms with Crippen LogP contribution in [0.25, 0.3) is 0 Å². The average Bonchev–Trinajstić information content (AvgIpc) is 2.73. The van der Waals surface area contributed by atoms with Crippen molar-refractivity contribution in [2.45, 2.75) is 26.1 Å². The third kappa shape index (κ3) is 5.47. The molecule has 1 heterocycles. The summed E-state index contributed by atoms with van der Waals surface area (Å²) in [4.78, 5) is 16.8. The van der Waals surface area contributed by atoms with Crippen LogP contribution in [-0.4, -0.2) is 49.2 Å². The zero-order chi connectivity index (χ0) is 19.9. The summed E-state index contributed by atoms with van der Waals surface area (Å²) in [7, 11) is 1.81. The van der Waals surface area contributed by atoms with Crippen LogP contribution in [0.5, 0.6) is 0 Å². The molecule has 6 heteroatoms. The van der Waals surface area contributed by atoms with E-state index in [-0.39, 0.29) is 12.1 Å². The number of hydrogen-bond donors (Lipinski definition) is 1. The molecule has 1 saturated heterocycles. The number of halogens is 1. The highest BCUT2D eigenvalue weighted by Gasteiger charge is 2.18. The van der Waals surface area contributed by atoms with Gasteiger partial charge in [-0.1, -0.05) is 48.0 Å². The molecule has 1 N–H and O–H groups in total. The first-order chi connectivity index (χ1) is 13.5. The topological polar surface area (TPSA) is 44.8 Å². The SMILES string of the molecule is C[C@@H](c1ccc(Cl)cc1)N(C)C(=O)NCc1ccccc1CN1CCOCC1. The number of amides is 2. The Bertz CT molecular complexity index is 776. The number of morpholine rings is 1. The van der Waals surface area contributed by atoms with Gasteiger partial charge in [-0.25, -0.2) is 4.79 Å². The first-order valence-electron chi connectivity index (χ1n) is 9.67. The Morgan fingerprint density at radius 3 is 2.46 bits per heavy atom. The summed E-state index contributed by atoms with van der Waals surface area (Å²) in [5, 5.41) is 3.75. The summed E-state index contributed by atoms with van der Waals surface area (Å²) in [5.41, 5.74) is 3.45. The Hall–Kier alpha value is -2.08. The van der Waals surface area contributed by atoms with Crippen LogP contribution in [0.2, 0.25) is 5.02 Å². The molecule has 0 unspecified atom stereocenters. The van der Waals surface area contributed by atoms with Gasteiger partial charge in [-0.05, 0) is 35.7 Å². The van der Waals surface area contributed by atoms with Crippen LogP contribution in [0.1, 0.15) is 29.7 Å². The van der Waals surface area contributed by atoms with Crippen LogP contribution in [0.3, 0.4) is 0 Å². The van der Waals surface area contributed by atoms with E-state index in [9.17, 15) is 4.79 Å². The molecule has 0 spiro atoms. The lowest BCUT2D eigenvalue weighted by molar-refractivity contribution is 0.0341. The lowest BCUT2D eigenvalue weighted by Gasteiger charge is -2.28. The number of hydrogen-bond acceptors (Lipinski definition) is 3. The third-order valence-electron chi connectivity index (χ3n) is 5.30. The largest absolute Gasteiger partial charge is 0.379 e. The fraction of sp³-hybridized carbons (Fsp3) is 0.409. The maximum Gasteiger partial charge on any atom is 0.317 e. The summed E-state index contributed by atoms with van der Waals surface area (Å²) >= 11 is 5.96. The molecule has 0 aromatic heterocycles. The summed E-state index contributed by atoms with van der Waals surface area (Å²) < 4.78 is 5.43. The molecule has 2 amide bonds. The van der Waals surface area contributed by atoms with E-state index in [2.05, 4.69) is 28.4 Å². The van der Waals surface area contributed by atoms with Crippen LogP contribution < -0.4 is 5.32 Å². The molecule has 0 saturated carbocycles. The van der Waals surface area contributed by atoms with Crippen LogP contribution in [-0.2, 0) is 17.8 Å². The van der Waals surface area contributed by atoms with Gasteiger partial charge in [0.05, 0.1) is 19.3 Å². The highest BCUT2D eigenvalue weighted by Crippen LogP contribution is 2.21. The molecule has 28 heavy (non-hydrogen) atoms. The summed E-state index contributed by atoms with van der Waals surface area (Å²) in [6.07, 6.45) is 0. The van der Waals surface area contributed by atoms with Gasteiger partial charge in [-0.2, -0.15) is 0 Å². The smallest absolute Gasteiger partial charge is 0.317 e. The fourth-order valence-electron chi connectivity index (χ4n) is 3.32. The minimum absolute atomic E-state index is 0.0409. The Balaban J connectivity index is 1.58. The molecule has 2 aromatic carbocycles. The number of nitrogens with one attached hydrogen (secondary N) is 1. The summed E-state index contributed by atoms with van der Waals surface area (Å²) in [6.45, 7) is 6.86. The van der Waals surface area contributed by atoms with Gasteiger partial charge in [0.2, 0.25) is 0 Å².